The van der Waals surface area contributed by atoms with Crippen molar-refractivity contribution in [1.82, 2.24) is 4.90 Å². The molecule has 2 rings (SSSR count). The Balaban J connectivity index is 2.04. The first-order valence-electron chi connectivity index (χ1n) is 7.22. The number of carbonyl (C=O) groups is 2. The van der Waals surface area contributed by atoms with Crippen molar-refractivity contribution in [2.45, 2.75) is 44.8 Å². The third-order valence-electron chi connectivity index (χ3n) is 3.74. The number of hydrogen-bond donors (Lipinski definition) is 1. The van der Waals surface area contributed by atoms with Crippen molar-refractivity contribution >= 4 is 11.9 Å². The number of carboxylic acid groups (broad SMARTS) is 1. The Morgan fingerprint density at radius 2 is 2.24 bits per heavy atom. The number of carboxylic acids is 1. The minimum atomic E-state index is -0.826. The summed E-state index contributed by atoms with van der Waals surface area (Å²) in [6.07, 6.45) is 3.40. The van der Waals surface area contributed by atoms with Crippen molar-refractivity contribution in [2.75, 3.05) is 13.7 Å². The molecule has 0 spiro atoms. The highest BCUT2D eigenvalue weighted by Gasteiger charge is 2.29. The lowest BCUT2D eigenvalue weighted by Gasteiger charge is -2.35. The van der Waals surface area contributed by atoms with Gasteiger partial charge in [0.25, 0.3) is 5.91 Å². The Bertz CT molecular complexity index is 496. The molecule has 1 unspecified atom stereocenters. The van der Waals surface area contributed by atoms with E-state index >= 15 is 0 Å². The molecular formula is C15H21NO5. The van der Waals surface area contributed by atoms with E-state index in [1.165, 1.54) is 0 Å². The number of ether oxygens (including phenoxy) is 1. The molecule has 1 N–H and O–H groups in total. The molecular weight excluding hydrogens is 274 g/mol. The van der Waals surface area contributed by atoms with Gasteiger partial charge in [0, 0.05) is 26.1 Å². The number of methoxy groups -OCH3 is 1. The molecule has 0 aromatic carbocycles. The lowest BCUT2D eigenvalue weighted by molar-refractivity contribution is -0.137. The minimum Gasteiger partial charge on any atom is -0.481 e. The number of rotatable bonds is 6. The Kier molecular flexibility index (Phi) is 5.38. The standard InChI is InChI=1S/C15H21NO5/c1-20-10-12-6-7-13(21-12)15(19)16-9-3-2-4-11(16)5-8-14(17)18/h6-7,11H,2-5,8-10H2,1H3,(H,17,18). The summed E-state index contributed by atoms with van der Waals surface area (Å²) in [6.45, 7) is 0.985. The van der Waals surface area contributed by atoms with E-state index in [1.54, 1.807) is 24.1 Å². The molecule has 1 aromatic heterocycles. The van der Waals surface area contributed by atoms with Crippen LogP contribution in [0.15, 0.2) is 16.5 Å². The van der Waals surface area contributed by atoms with Gasteiger partial charge in [0.2, 0.25) is 0 Å². The summed E-state index contributed by atoms with van der Waals surface area (Å²) < 4.78 is 10.4. The average molecular weight is 295 g/mol. The van der Waals surface area contributed by atoms with E-state index in [9.17, 15) is 9.59 Å². The lowest BCUT2D eigenvalue weighted by atomic mass is 9.97. The van der Waals surface area contributed by atoms with Crippen molar-refractivity contribution in [3.05, 3.63) is 23.7 Å². The van der Waals surface area contributed by atoms with E-state index < -0.39 is 5.97 Å². The zero-order chi connectivity index (χ0) is 15.2. The summed E-state index contributed by atoms with van der Waals surface area (Å²) in [5, 5.41) is 8.81. The second-order valence-corrected chi connectivity index (χ2v) is 5.28. The van der Waals surface area contributed by atoms with E-state index in [1.807, 2.05) is 0 Å². The van der Waals surface area contributed by atoms with Gasteiger partial charge in [0.15, 0.2) is 5.76 Å². The highest BCUT2D eigenvalue weighted by Crippen LogP contribution is 2.23. The number of nitrogens with zero attached hydrogens (tertiary/aromatic N) is 1. The molecule has 1 aromatic rings. The number of furan rings is 1. The molecule has 0 radical (unpaired) electrons. The molecule has 1 fully saturated rings. The van der Waals surface area contributed by atoms with Crippen molar-refractivity contribution in [2.24, 2.45) is 0 Å². The van der Waals surface area contributed by atoms with Crippen molar-refractivity contribution in [1.29, 1.82) is 0 Å². The fraction of sp³-hybridized carbons (Fsp3) is 0.600. The summed E-state index contributed by atoms with van der Waals surface area (Å²) >= 11 is 0. The van der Waals surface area contributed by atoms with Gasteiger partial charge in [-0.15, -0.1) is 0 Å². The zero-order valence-electron chi connectivity index (χ0n) is 12.2. The number of likely N-dealkylation sites (tertiary alicyclic amines) is 1. The second-order valence-electron chi connectivity index (χ2n) is 5.28. The van der Waals surface area contributed by atoms with Gasteiger partial charge in [-0.25, -0.2) is 0 Å². The van der Waals surface area contributed by atoms with Gasteiger partial charge in [0.05, 0.1) is 0 Å². The smallest absolute Gasteiger partial charge is 0.303 e. The molecule has 2 heterocycles. The highest BCUT2D eigenvalue weighted by molar-refractivity contribution is 5.91. The van der Waals surface area contributed by atoms with Crippen LogP contribution in [-0.2, 0) is 16.1 Å². The number of carbonyl (C=O) groups excluding carboxylic acids is 1. The molecule has 1 aliphatic rings. The van der Waals surface area contributed by atoms with Gasteiger partial charge in [-0.3, -0.25) is 9.59 Å². The maximum Gasteiger partial charge on any atom is 0.303 e. The summed E-state index contributed by atoms with van der Waals surface area (Å²) in [5.74, 6) is -0.0787. The molecule has 0 aliphatic carbocycles. The fourth-order valence-corrected chi connectivity index (χ4v) is 2.71. The van der Waals surface area contributed by atoms with Crippen molar-refractivity contribution in [3.63, 3.8) is 0 Å². The van der Waals surface area contributed by atoms with Crippen LogP contribution >= 0.6 is 0 Å². The van der Waals surface area contributed by atoms with Crippen LogP contribution in [0, 0.1) is 0 Å². The van der Waals surface area contributed by atoms with Crippen molar-refractivity contribution in [3.8, 4) is 0 Å². The SMILES string of the molecule is COCc1ccc(C(=O)N2CCCCC2CCC(=O)O)o1. The Morgan fingerprint density at radius 1 is 1.43 bits per heavy atom. The van der Waals surface area contributed by atoms with Crippen LogP contribution in [0.1, 0.15) is 48.4 Å². The van der Waals surface area contributed by atoms with Crippen LogP contribution in [0.4, 0.5) is 0 Å². The first-order valence-corrected chi connectivity index (χ1v) is 7.22. The van der Waals surface area contributed by atoms with E-state index in [-0.39, 0.29) is 18.4 Å². The Labute approximate surface area is 123 Å². The normalized spacial score (nSPS) is 18.7. The maximum absolute atomic E-state index is 12.5. The van der Waals surface area contributed by atoms with E-state index in [2.05, 4.69) is 0 Å². The third-order valence-corrected chi connectivity index (χ3v) is 3.74. The molecule has 1 aliphatic heterocycles. The summed E-state index contributed by atoms with van der Waals surface area (Å²) in [5.41, 5.74) is 0. The van der Waals surface area contributed by atoms with Crippen LogP contribution in [-0.4, -0.2) is 41.6 Å². The van der Waals surface area contributed by atoms with E-state index in [0.717, 1.165) is 19.3 Å². The quantitative estimate of drug-likeness (QED) is 0.871. The van der Waals surface area contributed by atoms with Gasteiger partial charge in [-0.05, 0) is 37.8 Å². The Morgan fingerprint density at radius 3 is 2.95 bits per heavy atom. The molecule has 0 bridgehead atoms. The number of aliphatic carboxylic acids is 1. The summed E-state index contributed by atoms with van der Waals surface area (Å²) in [7, 11) is 1.57. The van der Waals surface area contributed by atoms with E-state index in [0.29, 0.717) is 31.1 Å². The molecule has 1 amide bonds. The minimum absolute atomic E-state index is 0.0154. The molecule has 1 saturated heterocycles. The maximum atomic E-state index is 12.5. The Hall–Kier alpha value is -1.82. The predicted octanol–water partition coefficient (Wildman–Crippen LogP) is 2.29. The molecule has 0 saturated carbocycles. The molecule has 1 atom stereocenters. The monoisotopic (exact) mass is 295 g/mol. The number of piperidine rings is 1. The van der Waals surface area contributed by atoms with Gasteiger partial charge >= 0.3 is 5.97 Å². The highest BCUT2D eigenvalue weighted by atomic mass is 16.5. The first kappa shape index (κ1) is 15.6. The number of hydrogen-bond acceptors (Lipinski definition) is 4. The van der Waals surface area contributed by atoms with Crippen LogP contribution in [0.3, 0.4) is 0 Å². The summed E-state index contributed by atoms with van der Waals surface area (Å²) in [6, 6.07) is 3.37. The molecule has 6 heteroatoms. The van der Waals surface area contributed by atoms with Crippen LogP contribution < -0.4 is 0 Å². The third kappa shape index (κ3) is 4.07. The first-order chi connectivity index (χ1) is 10.1. The second kappa shape index (κ2) is 7.26. The molecule has 116 valence electrons. The summed E-state index contributed by atoms with van der Waals surface area (Å²) in [4.78, 5) is 25.0. The topological polar surface area (TPSA) is 80.0 Å². The lowest BCUT2D eigenvalue weighted by Crippen LogP contribution is -2.43. The number of amides is 1. The molecule has 6 nitrogen and oxygen atoms in total. The predicted molar refractivity (Wildman–Crippen MR) is 75.0 cm³/mol. The van der Waals surface area contributed by atoms with Crippen molar-refractivity contribution < 1.29 is 23.8 Å². The fourth-order valence-electron chi connectivity index (χ4n) is 2.71. The zero-order valence-corrected chi connectivity index (χ0v) is 12.2. The average Bonchev–Trinajstić information content (AvgIpc) is 2.94. The van der Waals surface area contributed by atoms with Gasteiger partial charge in [-0.2, -0.15) is 0 Å². The van der Waals surface area contributed by atoms with Crippen LogP contribution in [0.5, 0.6) is 0 Å². The van der Waals surface area contributed by atoms with Gasteiger partial charge < -0.3 is 19.2 Å². The van der Waals surface area contributed by atoms with E-state index in [4.69, 9.17) is 14.3 Å². The van der Waals surface area contributed by atoms with Gasteiger partial charge in [-0.1, -0.05) is 0 Å². The molecule has 21 heavy (non-hydrogen) atoms. The van der Waals surface area contributed by atoms with Crippen LogP contribution in [0.2, 0.25) is 0 Å². The largest absolute Gasteiger partial charge is 0.481 e. The van der Waals surface area contributed by atoms with Gasteiger partial charge in [0.1, 0.15) is 12.4 Å². The van der Waals surface area contributed by atoms with Crippen LogP contribution in [0.25, 0.3) is 0 Å².